The molecule has 13 heavy (non-hydrogen) atoms. The Morgan fingerprint density at radius 2 is 2.08 bits per heavy atom. The lowest BCUT2D eigenvalue weighted by Crippen LogP contribution is -2.42. The molecule has 2 atom stereocenters. The quantitative estimate of drug-likeness (QED) is 0.578. The highest BCUT2D eigenvalue weighted by molar-refractivity contribution is 6.09. The SMILES string of the molecule is CC(=O)C12CCC(CC1=O)C2(C)C. The van der Waals surface area contributed by atoms with Crippen LogP contribution in [0, 0.1) is 16.7 Å². The first kappa shape index (κ1) is 8.92. The maximum atomic E-state index is 11.8. The molecule has 0 N–H and O–H groups in total. The highest BCUT2D eigenvalue weighted by atomic mass is 16.2. The number of fused-ring (bicyclic) bond motifs is 2. The molecule has 0 aromatic heterocycles. The summed E-state index contributed by atoms with van der Waals surface area (Å²) in [7, 11) is 0. The van der Waals surface area contributed by atoms with Gasteiger partial charge in [-0.15, -0.1) is 0 Å². The summed E-state index contributed by atoms with van der Waals surface area (Å²) >= 11 is 0. The molecule has 0 aromatic carbocycles. The number of carbonyl (C=O) groups excluding carboxylic acids is 2. The van der Waals surface area contributed by atoms with Crippen LogP contribution >= 0.6 is 0 Å². The molecule has 0 radical (unpaired) electrons. The van der Waals surface area contributed by atoms with Gasteiger partial charge < -0.3 is 0 Å². The van der Waals surface area contributed by atoms with Crippen molar-refractivity contribution >= 4 is 11.6 Å². The van der Waals surface area contributed by atoms with Gasteiger partial charge >= 0.3 is 0 Å². The van der Waals surface area contributed by atoms with Crippen molar-refractivity contribution in [2.45, 2.75) is 40.0 Å². The van der Waals surface area contributed by atoms with Gasteiger partial charge in [-0.25, -0.2) is 0 Å². The number of hydrogen-bond donors (Lipinski definition) is 0. The number of rotatable bonds is 1. The lowest BCUT2D eigenvalue weighted by molar-refractivity contribution is -0.141. The Bertz CT molecular complexity index is 290. The second-order valence-electron chi connectivity index (χ2n) is 5.05. The molecule has 0 saturated heterocycles. The van der Waals surface area contributed by atoms with Gasteiger partial charge in [-0.3, -0.25) is 9.59 Å². The molecule has 2 bridgehead atoms. The summed E-state index contributed by atoms with van der Waals surface area (Å²) in [6.45, 7) is 5.74. The van der Waals surface area contributed by atoms with Crippen LogP contribution in [0.5, 0.6) is 0 Å². The van der Waals surface area contributed by atoms with E-state index in [1.165, 1.54) is 0 Å². The molecule has 0 amide bonds. The minimum atomic E-state index is -0.613. The minimum Gasteiger partial charge on any atom is -0.299 e. The molecule has 2 unspecified atom stereocenters. The van der Waals surface area contributed by atoms with E-state index in [1.807, 2.05) is 0 Å². The van der Waals surface area contributed by atoms with Gasteiger partial charge in [0.15, 0.2) is 0 Å². The largest absolute Gasteiger partial charge is 0.299 e. The Kier molecular flexibility index (Phi) is 1.53. The summed E-state index contributed by atoms with van der Waals surface area (Å²) in [4.78, 5) is 23.4. The Morgan fingerprint density at radius 3 is 2.31 bits per heavy atom. The summed E-state index contributed by atoms with van der Waals surface area (Å²) in [6, 6.07) is 0. The monoisotopic (exact) mass is 180 g/mol. The Labute approximate surface area is 78.7 Å². The van der Waals surface area contributed by atoms with E-state index in [2.05, 4.69) is 13.8 Å². The first-order valence-electron chi connectivity index (χ1n) is 4.97. The van der Waals surface area contributed by atoms with Crippen LogP contribution in [0.2, 0.25) is 0 Å². The van der Waals surface area contributed by atoms with Crippen molar-refractivity contribution in [3.8, 4) is 0 Å². The lowest BCUT2D eigenvalue weighted by Gasteiger charge is -2.33. The molecule has 2 aliphatic rings. The highest BCUT2D eigenvalue weighted by Gasteiger charge is 2.66. The predicted octanol–water partition coefficient (Wildman–Crippen LogP) is 1.97. The predicted molar refractivity (Wildman–Crippen MR) is 49.2 cm³/mol. The molecule has 2 fully saturated rings. The summed E-state index contributed by atoms with van der Waals surface area (Å²) < 4.78 is 0. The second-order valence-corrected chi connectivity index (χ2v) is 5.05. The standard InChI is InChI=1S/C11H16O2/c1-7(12)11-5-4-8(6-9(11)13)10(11,2)3/h8H,4-6H2,1-3H3. The fraction of sp³-hybridized carbons (Fsp3) is 0.818. The van der Waals surface area contributed by atoms with Crippen molar-refractivity contribution in [3.63, 3.8) is 0 Å². The number of ketones is 2. The topological polar surface area (TPSA) is 34.1 Å². The van der Waals surface area contributed by atoms with Crippen molar-refractivity contribution in [3.05, 3.63) is 0 Å². The van der Waals surface area contributed by atoms with E-state index in [0.717, 1.165) is 12.8 Å². The van der Waals surface area contributed by atoms with Crippen LogP contribution in [0.3, 0.4) is 0 Å². The zero-order valence-electron chi connectivity index (χ0n) is 8.52. The summed E-state index contributed by atoms with van der Waals surface area (Å²) in [5.41, 5.74) is -0.701. The molecule has 0 heterocycles. The van der Waals surface area contributed by atoms with E-state index >= 15 is 0 Å². The third-order valence-corrected chi connectivity index (χ3v) is 4.50. The van der Waals surface area contributed by atoms with Gasteiger partial charge in [0, 0.05) is 6.42 Å². The van der Waals surface area contributed by atoms with Crippen LogP contribution in [-0.2, 0) is 9.59 Å². The van der Waals surface area contributed by atoms with Gasteiger partial charge in [-0.1, -0.05) is 13.8 Å². The molecule has 72 valence electrons. The van der Waals surface area contributed by atoms with Crippen molar-refractivity contribution < 1.29 is 9.59 Å². The smallest absolute Gasteiger partial charge is 0.147 e. The molecule has 0 aromatic rings. The molecule has 2 nitrogen and oxygen atoms in total. The normalized spacial score (nSPS) is 41.2. The lowest BCUT2D eigenvalue weighted by atomic mass is 9.66. The molecule has 2 saturated carbocycles. The van der Waals surface area contributed by atoms with Gasteiger partial charge in [-0.2, -0.15) is 0 Å². The molecule has 0 spiro atoms. The first-order valence-corrected chi connectivity index (χ1v) is 4.97. The van der Waals surface area contributed by atoms with Crippen molar-refractivity contribution in [1.29, 1.82) is 0 Å². The molecule has 0 aliphatic heterocycles. The maximum Gasteiger partial charge on any atom is 0.147 e. The van der Waals surface area contributed by atoms with Crippen LogP contribution in [0.1, 0.15) is 40.0 Å². The van der Waals surface area contributed by atoms with Crippen molar-refractivity contribution in [1.82, 2.24) is 0 Å². The first-order chi connectivity index (χ1) is 5.93. The molecular formula is C11H16O2. The van der Waals surface area contributed by atoms with E-state index in [4.69, 9.17) is 0 Å². The average Bonchev–Trinajstić information content (AvgIpc) is 2.35. The summed E-state index contributed by atoms with van der Waals surface area (Å²) in [6.07, 6.45) is 2.48. The van der Waals surface area contributed by atoms with E-state index < -0.39 is 5.41 Å². The van der Waals surface area contributed by atoms with Gasteiger partial charge in [0.25, 0.3) is 0 Å². The van der Waals surface area contributed by atoms with E-state index in [1.54, 1.807) is 6.92 Å². The zero-order chi connectivity index (χ0) is 9.85. The average molecular weight is 180 g/mol. The summed E-state index contributed by atoms with van der Waals surface area (Å²) in [5, 5.41) is 0. The third kappa shape index (κ3) is 0.749. The zero-order valence-corrected chi connectivity index (χ0v) is 8.52. The van der Waals surface area contributed by atoms with E-state index in [9.17, 15) is 9.59 Å². The van der Waals surface area contributed by atoms with Crippen molar-refractivity contribution in [2.24, 2.45) is 16.7 Å². The molecular weight excluding hydrogens is 164 g/mol. The van der Waals surface area contributed by atoms with Gasteiger partial charge in [0.05, 0.1) is 5.41 Å². The van der Waals surface area contributed by atoms with Gasteiger partial charge in [0.2, 0.25) is 0 Å². The second kappa shape index (κ2) is 2.23. The Hall–Kier alpha value is -0.660. The Morgan fingerprint density at radius 1 is 1.46 bits per heavy atom. The van der Waals surface area contributed by atoms with E-state index in [-0.39, 0.29) is 17.0 Å². The third-order valence-electron chi connectivity index (χ3n) is 4.50. The fourth-order valence-electron chi connectivity index (χ4n) is 3.50. The highest BCUT2D eigenvalue weighted by Crippen LogP contribution is 2.64. The number of Topliss-reactive ketones (excluding diaryl/α,β-unsaturated/α-hetero) is 2. The van der Waals surface area contributed by atoms with Crippen LogP contribution in [0.15, 0.2) is 0 Å². The van der Waals surface area contributed by atoms with Crippen LogP contribution < -0.4 is 0 Å². The number of hydrogen-bond acceptors (Lipinski definition) is 2. The van der Waals surface area contributed by atoms with E-state index in [0.29, 0.717) is 12.3 Å². The van der Waals surface area contributed by atoms with Crippen LogP contribution in [0.4, 0.5) is 0 Å². The van der Waals surface area contributed by atoms with Gasteiger partial charge in [0.1, 0.15) is 11.6 Å². The van der Waals surface area contributed by atoms with Crippen LogP contribution in [-0.4, -0.2) is 11.6 Å². The molecule has 2 heteroatoms. The fourth-order valence-corrected chi connectivity index (χ4v) is 3.50. The van der Waals surface area contributed by atoms with Crippen LogP contribution in [0.25, 0.3) is 0 Å². The summed E-state index contributed by atoms with van der Waals surface area (Å²) in [5.74, 6) is 0.729. The van der Waals surface area contributed by atoms with Gasteiger partial charge in [-0.05, 0) is 31.1 Å². The van der Waals surface area contributed by atoms with Crippen molar-refractivity contribution in [2.75, 3.05) is 0 Å². The Balaban J connectivity index is 2.55. The molecule has 2 aliphatic carbocycles. The minimum absolute atomic E-state index is 0.0856. The number of carbonyl (C=O) groups is 2. The maximum absolute atomic E-state index is 11.8. The molecule has 2 rings (SSSR count).